The highest BCUT2D eigenvalue weighted by Crippen LogP contribution is 2.37. The molecule has 1 fully saturated rings. The van der Waals surface area contributed by atoms with Crippen LogP contribution in [0.15, 0.2) is 48.7 Å². The van der Waals surface area contributed by atoms with Gasteiger partial charge in [-0.2, -0.15) is 0 Å². The maximum absolute atomic E-state index is 12.6. The Morgan fingerprint density at radius 3 is 2.73 bits per heavy atom. The van der Waals surface area contributed by atoms with Gasteiger partial charge in [-0.25, -0.2) is 9.97 Å². The van der Waals surface area contributed by atoms with Gasteiger partial charge in [0, 0.05) is 59.8 Å². The first kappa shape index (κ1) is 21.4. The standard InChI is InChI=1S/C24H23ClN6O2/c1-30-20-11-16(25)4-7-19(20)22-15(10-21(30)32)12-27-24(29-22)28-18-5-2-14(3-6-18)23(33)31-9-8-17(26)13-31/h2-7,11-12,17H,8-10,13,26H2,1H3,(H,27,28,29). The predicted molar refractivity (Wildman–Crippen MR) is 128 cm³/mol. The summed E-state index contributed by atoms with van der Waals surface area (Å²) in [6, 6.07) is 12.7. The molecule has 3 N–H and O–H groups in total. The van der Waals surface area contributed by atoms with Gasteiger partial charge in [-0.15, -0.1) is 0 Å². The van der Waals surface area contributed by atoms with Gasteiger partial charge in [-0.1, -0.05) is 11.6 Å². The molecule has 2 amide bonds. The highest BCUT2D eigenvalue weighted by atomic mass is 35.5. The van der Waals surface area contributed by atoms with Crippen LogP contribution in [0, 0.1) is 0 Å². The van der Waals surface area contributed by atoms with Crippen LogP contribution in [-0.2, 0) is 11.2 Å². The SMILES string of the molecule is CN1C(=O)Cc2cnc(Nc3ccc(C(=O)N4CCC(N)C4)cc3)nc2-c2ccc(Cl)cc21. The van der Waals surface area contributed by atoms with E-state index in [1.54, 1.807) is 47.3 Å². The van der Waals surface area contributed by atoms with E-state index < -0.39 is 0 Å². The second-order valence-electron chi connectivity index (χ2n) is 8.36. The van der Waals surface area contributed by atoms with E-state index in [-0.39, 0.29) is 24.3 Å². The lowest BCUT2D eigenvalue weighted by Crippen LogP contribution is -2.31. The van der Waals surface area contributed by atoms with Crippen LogP contribution in [0.2, 0.25) is 5.02 Å². The summed E-state index contributed by atoms with van der Waals surface area (Å²) in [7, 11) is 1.73. The van der Waals surface area contributed by atoms with Gasteiger partial charge in [0.2, 0.25) is 11.9 Å². The van der Waals surface area contributed by atoms with Crippen LogP contribution in [0.4, 0.5) is 17.3 Å². The fourth-order valence-corrected chi connectivity index (χ4v) is 4.37. The number of likely N-dealkylation sites (N-methyl/N-ethyl adjacent to an activating group) is 1. The second-order valence-corrected chi connectivity index (χ2v) is 8.80. The van der Waals surface area contributed by atoms with Crippen LogP contribution >= 0.6 is 11.6 Å². The zero-order chi connectivity index (χ0) is 23.1. The Kier molecular flexibility index (Phi) is 5.47. The van der Waals surface area contributed by atoms with Crippen molar-refractivity contribution in [2.75, 3.05) is 30.4 Å². The highest BCUT2D eigenvalue weighted by molar-refractivity contribution is 6.31. The number of aromatic nitrogens is 2. The number of halogens is 1. The number of benzene rings is 2. The number of hydrogen-bond donors (Lipinski definition) is 2. The molecule has 3 heterocycles. The number of likely N-dealkylation sites (tertiary alicyclic amines) is 1. The van der Waals surface area contributed by atoms with E-state index in [0.29, 0.717) is 41.0 Å². The van der Waals surface area contributed by atoms with E-state index in [9.17, 15) is 9.59 Å². The molecule has 0 spiro atoms. The van der Waals surface area contributed by atoms with Crippen molar-refractivity contribution in [3.05, 3.63) is 64.8 Å². The summed E-state index contributed by atoms with van der Waals surface area (Å²) in [5.74, 6) is 0.330. The van der Waals surface area contributed by atoms with Crippen molar-refractivity contribution in [2.45, 2.75) is 18.9 Å². The van der Waals surface area contributed by atoms with Crippen molar-refractivity contribution < 1.29 is 9.59 Å². The molecule has 0 saturated carbocycles. The molecule has 0 radical (unpaired) electrons. The van der Waals surface area contributed by atoms with Gasteiger partial charge in [-0.3, -0.25) is 9.59 Å². The number of hydrogen-bond acceptors (Lipinski definition) is 6. The molecule has 1 aromatic heterocycles. The Morgan fingerprint density at radius 1 is 1.21 bits per heavy atom. The monoisotopic (exact) mass is 462 g/mol. The van der Waals surface area contributed by atoms with E-state index >= 15 is 0 Å². The molecule has 33 heavy (non-hydrogen) atoms. The van der Waals surface area contributed by atoms with Crippen LogP contribution in [0.3, 0.4) is 0 Å². The number of carbonyl (C=O) groups excluding carboxylic acids is 2. The van der Waals surface area contributed by atoms with Gasteiger partial charge in [0.15, 0.2) is 0 Å². The molecule has 8 nitrogen and oxygen atoms in total. The third-order valence-electron chi connectivity index (χ3n) is 6.06. The van der Waals surface area contributed by atoms with E-state index in [1.165, 1.54) is 0 Å². The quantitative estimate of drug-likeness (QED) is 0.619. The molecule has 2 aromatic carbocycles. The van der Waals surface area contributed by atoms with Crippen LogP contribution in [-0.4, -0.2) is 52.9 Å². The Morgan fingerprint density at radius 2 is 2.00 bits per heavy atom. The topological polar surface area (TPSA) is 104 Å². The molecular weight excluding hydrogens is 440 g/mol. The van der Waals surface area contributed by atoms with Crippen molar-refractivity contribution in [3.63, 3.8) is 0 Å². The van der Waals surface area contributed by atoms with Crippen molar-refractivity contribution >= 4 is 40.7 Å². The maximum Gasteiger partial charge on any atom is 0.253 e. The molecule has 0 aliphatic carbocycles. The summed E-state index contributed by atoms with van der Waals surface area (Å²) in [5, 5.41) is 3.74. The zero-order valence-electron chi connectivity index (χ0n) is 18.1. The first-order valence-corrected chi connectivity index (χ1v) is 11.1. The number of anilines is 3. The van der Waals surface area contributed by atoms with Crippen LogP contribution in [0.1, 0.15) is 22.3 Å². The molecule has 1 atom stereocenters. The van der Waals surface area contributed by atoms with Crippen LogP contribution < -0.4 is 16.0 Å². The number of nitrogens with zero attached hydrogens (tertiary/aromatic N) is 4. The lowest BCUT2D eigenvalue weighted by Gasteiger charge is -2.17. The molecule has 0 bridgehead atoms. The van der Waals surface area contributed by atoms with Crippen molar-refractivity contribution in [3.8, 4) is 11.3 Å². The lowest BCUT2D eigenvalue weighted by molar-refractivity contribution is -0.117. The van der Waals surface area contributed by atoms with E-state index in [2.05, 4.69) is 10.3 Å². The van der Waals surface area contributed by atoms with Gasteiger partial charge < -0.3 is 20.9 Å². The minimum atomic E-state index is -0.0548. The number of nitrogens with one attached hydrogen (secondary N) is 1. The molecule has 2 aliphatic heterocycles. The Hall–Kier alpha value is -3.49. The summed E-state index contributed by atoms with van der Waals surface area (Å²) in [4.78, 5) is 37.7. The average molecular weight is 463 g/mol. The van der Waals surface area contributed by atoms with Crippen molar-refractivity contribution in [1.29, 1.82) is 0 Å². The van der Waals surface area contributed by atoms with E-state index in [4.69, 9.17) is 22.3 Å². The fraction of sp³-hybridized carbons (Fsp3) is 0.250. The summed E-state index contributed by atoms with van der Waals surface area (Å²) < 4.78 is 0. The van der Waals surface area contributed by atoms with Gasteiger partial charge in [0.05, 0.1) is 17.8 Å². The minimum Gasteiger partial charge on any atom is -0.337 e. The Balaban J connectivity index is 1.40. The number of fused-ring (bicyclic) bond motifs is 3. The molecule has 5 rings (SSSR count). The number of carbonyl (C=O) groups is 2. The summed E-state index contributed by atoms with van der Waals surface area (Å²) >= 11 is 6.18. The third kappa shape index (κ3) is 4.15. The third-order valence-corrected chi connectivity index (χ3v) is 6.29. The predicted octanol–water partition coefficient (Wildman–Crippen LogP) is 3.23. The zero-order valence-corrected chi connectivity index (χ0v) is 18.8. The largest absolute Gasteiger partial charge is 0.337 e. The lowest BCUT2D eigenvalue weighted by atomic mass is 10.1. The molecule has 9 heteroatoms. The Labute approximate surface area is 196 Å². The van der Waals surface area contributed by atoms with Gasteiger partial charge in [0.1, 0.15) is 0 Å². The first-order valence-electron chi connectivity index (χ1n) is 10.7. The van der Waals surface area contributed by atoms with Crippen molar-refractivity contribution in [2.24, 2.45) is 5.73 Å². The van der Waals surface area contributed by atoms with Crippen LogP contribution in [0.25, 0.3) is 11.3 Å². The minimum absolute atomic E-state index is 0.0140. The number of nitrogens with two attached hydrogens (primary N) is 1. The smallest absolute Gasteiger partial charge is 0.253 e. The summed E-state index contributed by atoms with van der Waals surface area (Å²) in [6.07, 6.45) is 2.71. The molecule has 2 aliphatic rings. The second kappa shape index (κ2) is 8.46. The Bertz CT molecular complexity index is 1250. The van der Waals surface area contributed by atoms with E-state index in [1.807, 2.05) is 18.2 Å². The molecular formula is C24H23ClN6O2. The van der Waals surface area contributed by atoms with E-state index in [0.717, 1.165) is 23.2 Å². The summed E-state index contributed by atoms with van der Waals surface area (Å²) in [5.41, 5.74) is 10.3. The maximum atomic E-state index is 12.6. The fourth-order valence-electron chi connectivity index (χ4n) is 4.21. The van der Waals surface area contributed by atoms with Gasteiger partial charge in [-0.05, 0) is 48.9 Å². The number of amides is 2. The molecule has 1 saturated heterocycles. The number of rotatable bonds is 3. The van der Waals surface area contributed by atoms with Crippen LogP contribution in [0.5, 0.6) is 0 Å². The molecule has 1 unspecified atom stereocenters. The van der Waals surface area contributed by atoms with Crippen molar-refractivity contribution in [1.82, 2.24) is 14.9 Å². The molecule has 168 valence electrons. The van der Waals surface area contributed by atoms with Gasteiger partial charge in [0.25, 0.3) is 5.91 Å². The molecule has 3 aromatic rings. The summed E-state index contributed by atoms with van der Waals surface area (Å²) in [6.45, 7) is 1.28. The first-order chi connectivity index (χ1) is 15.9. The highest BCUT2D eigenvalue weighted by Gasteiger charge is 2.26. The van der Waals surface area contributed by atoms with Gasteiger partial charge >= 0.3 is 0 Å². The normalized spacial score (nSPS) is 17.4. The average Bonchev–Trinajstić information content (AvgIpc) is 3.22.